The number of aromatic nitrogens is 2. The van der Waals surface area contributed by atoms with Gasteiger partial charge in [-0.05, 0) is 30.2 Å². The Morgan fingerprint density at radius 1 is 1.39 bits per heavy atom. The van der Waals surface area contributed by atoms with E-state index >= 15 is 0 Å². The minimum Gasteiger partial charge on any atom is -0.496 e. The fourth-order valence-corrected chi connectivity index (χ4v) is 1.79. The molecule has 0 amide bonds. The lowest BCUT2D eigenvalue weighted by Gasteiger charge is -2.07. The molecule has 0 aliphatic heterocycles. The van der Waals surface area contributed by atoms with E-state index in [1.165, 1.54) is 0 Å². The van der Waals surface area contributed by atoms with Gasteiger partial charge in [0, 0.05) is 18.5 Å². The maximum absolute atomic E-state index is 5.45. The van der Waals surface area contributed by atoms with E-state index in [0.29, 0.717) is 24.7 Å². The van der Waals surface area contributed by atoms with Gasteiger partial charge in [-0.15, -0.1) is 0 Å². The van der Waals surface area contributed by atoms with E-state index in [1.807, 2.05) is 18.2 Å². The molecule has 0 saturated heterocycles. The van der Waals surface area contributed by atoms with Crippen molar-refractivity contribution >= 4 is 0 Å². The van der Waals surface area contributed by atoms with Crippen LogP contribution in [0.4, 0.5) is 0 Å². The van der Waals surface area contributed by atoms with E-state index in [2.05, 4.69) is 17.1 Å². The van der Waals surface area contributed by atoms with Crippen molar-refractivity contribution in [2.75, 3.05) is 13.7 Å². The first-order valence-corrected chi connectivity index (χ1v) is 5.98. The Balaban J connectivity index is 2.31. The van der Waals surface area contributed by atoms with Crippen LogP contribution in [-0.2, 0) is 12.8 Å². The lowest BCUT2D eigenvalue weighted by molar-refractivity contribution is 0.380. The molecule has 2 rings (SSSR count). The van der Waals surface area contributed by atoms with Crippen LogP contribution in [-0.4, -0.2) is 23.8 Å². The van der Waals surface area contributed by atoms with Crippen molar-refractivity contribution < 1.29 is 9.26 Å². The fourth-order valence-electron chi connectivity index (χ4n) is 1.79. The molecule has 5 heteroatoms. The first kappa shape index (κ1) is 12.6. The van der Waals surface area contributed by atoms with Gasteiger partial charge in [-0.3, -0.25) is 0 Å². The Morgan fingerprint density at radius 2 is 2.22 bits per heavy atom. The summed E-state index contributed by atoms with van der Waals surface area (Å²) in [6.07, 6.45) is 1.49. The second kappa shape index (κ2) is 5.64. The molecular formula is C13H17N3O2. The van der Waals surface area contributed by atoms with E-state index in [9.17, 15) is 0 Å². The molecule has 0 radical (unpaired) electrons. The molecule has 0 bridgehead atoms. The largest absolute Gasteiger partial charge is 0.496 e. The number of aryl methyl sites for hydroxylation is 1. The molecule has 0 aliphatic rings. The van der Waals surface area contributed by atoms with Gasteiger partial charge in [-0.2, -0.15) is 4.98 Å². The van der Waals surface area contributed by atoms with Crippen LogP contribution in [0.25, 0.3) is 11.4 Å². The van der Waals surface area contributed by atoms with Crippen molar-refractivity contribution in [2.45, 2.75) is 19.8 Å². The zero-order chi connectivity index (χ0) is 13.0. The van der Waals surface area contributed by atoms with Crippen molar-refractivity contribution in [3.8, 4) is 17.1 Å². The highest BCUT2D eigenvalue weighted by atomic mass is 16.5. The number of hydrogen-bond donors (Lipinski definition) is 1. The molecule has 2 aromatic rings. The van der Waals surface area contributed by atoms with Gasteiger partial charge >= 0.3 is 0 Å². The average molecular weight is 247 g/mol. The van der Waals surface area contributed by atoms with E-state index in [0.717, 1.165) is 23.3 Å². The summed E-state index contributed by atoms with van der Waals surface area (Å²) >= 11 is 0. The third kappa shape index (κ3) is 2.51. The Kier molecular flexibility index (Phi) is 3.94. The van der Waals surface area contributed by atoms with Crippen LogP contribution in [0, 0.1) is 0 Å². The van der Waals surface area contributed by atoms with Gasteiger partial charge < -0.3 is 15.0 Å². The maximum atomic E-state index is 5.45. The Hall–Kier alpha value is -1.88. The van der Waals surface area contributed by atoms with Crippen LogP contribution >= 0.6 is 0 Å². The number of hydrogen-bond acceptors (Lipinski definition) is 5. The van der Waals surface area contributed by atoms with Crippen LogP contribution in [0.3, 0.4) is 0 Å². The van der Waals surface area contributed by atoms with E-state index < -0.39 is 0 Å². The first-order chi connectivity index (χ1) is 8.78. The lowest BCUT2D eigenvalue weighted by Crippen LogP contribution is -2.02. The summed E-state index contributed by atoms with van der Waals surface area (Å²) in [5.74, 6) is 2.05. The molecule has 0 saturated carbocycles. The van der Waals surface area contributed by atoms with Gasteiger partial charge in [0.1, 0.15) is 5.75 Å². The molecule has 0 spiro atoms. The number of rotatable bonds is 5. The van der Waals surface area contributed by atoms with Crippen LogP contribution in [0.1, 0.15) is 18.4 Å². The van der Waals surface area contributed by atoms with Crippen molar-refractivity contribution in [2.24, 2.45) is 5.73 Å². The zero-order valence-corrected chi connectivity index (χ0v) is 10.6. The third-order valence-electron chi connectivity index (χ3n) is 2.75. The van der Waals surface area contributed by atoms with Crippen molar-refractivity contribution in [1.29, 1.82) is 0 Å². The van der Waals surface area contributed by atoms with Crippen LogP contribution in [0.5, 0.6) is 5.75 Å². The highest BCUT2D eigenvalue weighted by Gasteiger charge is 2.10. The normalized spacial score (nSPS) is 10.6. The Labute approximate surface area is 106 Å². The SMILES string of the molecule is CCc1cc(-c2noc(CCN)n2)ccc1OC. The summed E-state index contributed by atoms with van der Waals surface area (Å²) in [5, 5.41) is 3.95. The molecular weight excluding hydrogens is 230 g/mol. The number of nitrogens with two attached hydrogens (primary N) is 1. The predicted molar refractivity (Wildman–Crippen MR) is 68.4 cm³/mol. The van der Waals surface area contributed by atoms with Gasteiger partial charge in [-0.1, -0.05) is 12.1 Å². The number of benzene rings is 1. The highest BCUT2D eigenvalue weighted by molar-refractivity contribution is 5.58. The maximum Gasteiger partial charge on any atom is 0.228 e. The van der Waals surface area contributed by atoms with Gasteiger partial charge in [0.15, 0.2) is 0 Å². The smallest absolute Gasteiger partial charge is 0.228 e. The number of ether oxygens (including phenoxy) is 1. The predicted octanol–water partition coefficient (Wildman–Crippen LogP) is 1.81. The Morgan fingerprint density at radius 3 is 2.89 bits per heavy atom. The van der Waals surface area contributed by atoms with E-state index in [1.54, 1.807) is 7.11 Å². The summed E-state index contributed by atoms with van der Waals surface area (Å²) in [6, 6.07) is 5.87. The minimum absolute atomic E-state index is 0.504. The molecule has 0 fully saturated rings. The topological polar surface area (TPSA) is 74.2 Å². The highest BCUT2D eigenvalue weighted by Crippen LogP contribution is 2.25. The molecule has 1 aromatic heterocycles. The molecule has 5 nitrogen and oxygen atoms in total. The quantitative estimate of drug-likeness (QED) is 0.872. The molecule has 0 unspecified atom stereocenters. The summed E-state index contributed by atoms with van der Waals surface area (Å²) in [5.41, 5.74) is 7.50. The summed E-state index contributed by atoms with van der Waals surface area (Å²) in [6.45, 7) is 2.59. The zero-order valence-electron chi connectivity index (χ0n) is 10.6. The molecule has 1 aromatic carbocycles. The number of methoxy groups -OCH3 is 1. The second-order valence-corrected chi connectivity index (χ2v) is 3.93. The van der Waals surface area contributed by atoms with E-state index in [4.69, 9.17) is 15.0 Å². The van der Waals surface area contributed by atoms with Gasteiger partial charge in [0.2, 0.25) is 11.7 Å². The van der Waals surface area contributed by atoms with E-state index in [-0.39, 0.29) is 0 Å². The third-order valence-corrected chi connectivity index (χ3v) is 2.75. The molecule has 18 heavy (non-hydrogen) atoms. The summed E-state index contributed by atoms with van der Waals surface area (Å²) < 4.78 is 10.4. The van der Waals surface area contributed by atoms with Crippen molar-refractivity contribution in [3.63, 3.8) is 0 Å². The lowest BCUT2D eigenvalue weighted by atomic mass is 10.1. The minimum atomic E-state index is 0.504. The molecule has 0 atom stereocenters. The van der Waals surface area contributed by atoms with Crippen LogP contribution < -0.4 is 10.5 Å². The van der Waals surface area contributed by atoms with Crippen molar-refractivity contribution in [3.05, 3.63) is 29.7 Å². The average Bonchev–Trinajstić information content (AvgIpc) is 2.87. The Bertz CT molecular complexity index is 523. The van der Waals surface area contributed by atoms with Crippen molar-refractivity contribution in [1.82, 2.24) is 10.1 Å². The molecule has 96 valence electrons. The second-order valence-electron chi connectivity index (χ2n) is 3.93. The van der Waals surface area contributed by atoms with Gasteiger partial charge in [0.25, 0.3) is 0 Å². The monoisotopic (exact) mass is 247 g/mol. The summed E-state index contributed by atoms with van der Waals surface area (Å²) in [7, 11) is 1.67. The van der Waals surface area contributed by atoms with Gasteiger partial charge in [0.05, 0.1) is 7.11 Å². The summed E-state index contributed by atoms with van der Waals surface area (Å²) in [4.78, 5) is 4.30. The first-order valence-electron chi connectivity index (χ1n) is 5.98. The van der Waals surface area contributed by atoms with Gasteiger partial charge in [-0.25, -0.2) is 0 Å². The fraction of sp³-hybridized carbons (Fsp3) is 0.385. The number of nitrogens with zero attached hydrogens (tertiary/aromatic N) is 2. The molecule has 0 aliphatic carbocycles. The molecule has 1 heterocycles. The molecule has 2 N–H and O–H groups in total. The van der Waals surface area contributed by atoms with Crippen LogP contribution in [0.2, 0.25) is 0 Å². The standard InChI is InChI=1S/C13H17N3O2/c1-3-9-8-10(4-5-11(9)17-2)13-15-12(6-7-14)18-16-13/h4-5,8H,3,6-7,14H2,1-2H3. The van der Waals surface area contributed by atoms with Crippen LogP contribution in [0.15, 0.2) is 22.7 Å².